The molecule has 0 spiro atoms. The van der Waals surface area contributed by atoms with Crippen LogP contribution in [-0.4, -0.2) is 57.2 Å². The van der Waals surface area contributed by atoms with Crippen LogP contribution in [0.3, 0.4) is 0 Å². The first-order chi connectivity index (χ1) is 30.6. The van der Waals surface area contributed by atoms with E-state index < -0.39 is 5.60 Å². The van der Waals surface area contributed by atoms with Gasteiger partial charge in [0.25, 0.3) is 0 Å². The van der Waals surface area contributed by atoms with Crippen LogP contribution in [0.1, 0.15) is 107 Å². The lowest BCUT2D eigenvalue weighted by molar-refractivity contribution is -0.182. The SMILES string of the molecule is CC(C)(C)C(CCCCCCCCO)C(Oc1ccc2c3nc4nc(nc5[nH]c(nc6nc(nc([nH]3)c2c1)-c1ccccc1-6)c1ccccc51)-c1ccccc1-4)(C(C)(C)C)C(C)(C)C. The molecule has 2 aliphatic heterocycles. The number of unbranched alkanes of at least 4 members (excludes halogenated alkanes) is 5. The molecule has 330 valence electrons. The summed E-state index contributed by atoms with van der Waals surface area (Å²) in [4.78, 5) is 38.3. The lowest BCUT2D eigenvalue weighted by atomic mass is 9.51. The first-order valence-electron chi connectivity index (χ1n) is 23.1. The number of fused-ring (bicyclic) bond motifs is 20. The van der Waals surface area contributed by atoms with Crippen LogP contribution >= 0.6 is 0 Å². The summed E-state index contributed by atoms with van der Waals surface area (Å²) in [6, 6.07) is 30.7. The highest BCUT2D eigenvalue weighted by atomic mass is 16.5. The summed E-state index contributed by atoms with van der Waals surface area (Å²) in [5.74, 6) is 3.28. The van der Waals surface area contributed by atoms with Crippen molar-refractivity contribution in [1.29, 1.82) is 0 Å². The van der Waals surface area contributed by atoms with E-state index >= 15 is 0 Å². The fourth-order valence-electron chi connectivity index (χ4n) is 10.8. The van der Waals surface area contributed by atoms with Gasteiger partial charge >= 0.3 is 0 Å². The van der Waals surface area contributed by atoms with E-state index in [1.165, 1.54) is 12.8 Å². The summed E-state index contributed by atoms with van der Waals surface area (Å²) < 4.78 is 7.74. The molecule has 0 radical (unpaired) electrons. The van der Waals surface area contributed by atoms with Crippen molar-refractivity contribution in [3.05, 3.63) is 91.0 Å². The number of aliphatic hydroxyl groups is 1. The van der Waals surface area contributed by atoms with Gasteiger partial charge in [0.1, 0.15) is 33.9 Å². The lowest BCUT2D eigenvalue weighted by Crippen LogP contribution is -2.65. The van der Waals surface area contributed by atoms with Crippen molar-refractivity contribution >= 4 is 44.1 Å². The fourth-order valence-corrected chi connectivity index (χ4v) is 10.8. The summed E-state index contributed by atoms with van der Waals surface area (Å²) in [6.45, 7) is 21.5. The Balaban J connectivity index is 1.27. The van der Waals surface area contributed by atoms with Gasteiger partial charge in [-0.2, -0.15) is 0 Å². The molecule has 3 N–H and O–H groups in total. The molecule has 4 aromatic carbocycles. The van der Waals surface area contributed by atoms with Gasteiger partial charge in [-0.05, 0) is 36.5 Å². The first-order valence-corrected chi connectivity index (χ1v) is 23.1. The van der Waals surface area contributed by atoms with E-state index in [0.717, 1.165) is 81.7 Å². The van der Waals surface area contributed by atoms with Gasteiger partial charge in [0.05, 0.1) is 0 Å². The minimum absolute atomic E-state index is 0.0503. The maximum Gasteiger partial charge on any atom is 0.164 e. The van der Waals surface area contributed by atoms with E-state index in [-0.39, 0.29) is 28.8 Å². The number of aromatic nitrogens is 8. The molecule has 8 bridgehead atoms. The Morgan fingerprint density at radius 2 is 0.859 bits per heavy atom. The van der Waals surface area contributed by atoms with E-state index in [2.05, 4.69) is 109 Å². The number of nitrogens with zero attached hydrogens (tertiary/aromatic N) is 6. The number of aromatic amines is 2. The zero-order valence-electron chi connectivity index (χ0n) is 38.9. The number of hydrogen-bond acceptors (Lipinski definition) is 8. The van der Waals surface area contributed by atoms with Crippen LogP contribution < -0.4 is 4.74 Å². The van der Waals surface area contributed by atoms with Crippen molar-refractivity contribution in [2.45, 2.75) is 113 Å². The van der Waals surface area contributed by atoms with Gasteiger partial charge < -0.3 is 19.8 Å². The average Bonchev–Trinajstić information content (AvgIpc) is 3.98. The topological polar surface area (TPSA) is 138 Å². The fraction of sp³-hybridized carbons (Fsp3) is 0.407. The smallest absolute Gasteiger partial charge is 0.164 e. The van der Waals surface area contributed by atoms with E-state index in [9.17, 15) is 5.11 Å². The van der Waals surface area contributed by atoms with Crippen molar-refractivity contribution < 1.29 is 9.84 Å². The van der Waals surface area contributed by atoms with Crippen LogP contribution in [0.15, 0.2) is 91.0 Å². The molecule has 3 aromatic heterocycles. The largest absolute Gasteiger partial charge is 0.486 e. The molecule has 0 fully saturated rings. The van der Waals surface area contributed by atoms with Crippen molar-refractivity contribution in [3.63, 3.8) is 0 Å². The van der Waals surface area contributed by atoms with Crippen LogP contribution in [0.2, 0.25) is 0 Å². The van der Waals surface area contributed by atoms with Crippen molar-refractivity contribution in [1.82, 2.24) is 39.9 Å². The molecule has 0 amide bonds. The van der Waals surface area contributed by atoms with Crippen molar-refractivity contribution in [3.8, 4) is 51.3 Å². The Kier molecular flexibility index (Phi) is 11.2. The molecule has 0 aliphatic carbocycles. The molecular weight excluding hydrogens is 793 g/mol. The molecule has 10 nitrogen and oxygen atoms in total. The summed E-state index contributed by atoms with van der Waals surface area (Å²) in [5, 5.41) is 12.9. The Hall–Kier alpha value is -6.00. The average molecular weight is 855 g/mol. The van der Waals surface area contributed by atoms with E-state index in [1.807, 2.05) is 54.6 Å². The zero-order valence-corrected chi connectivity index (χ0v) is 38.9. The van der Waals surface area contributed by atoms with E-state index in [4.69, 9.17) is 34.6 Å². The molecule has 0 saturated heterocycles. The van der Waals surface area contributed by atoms with Gasteiger partial charge in [-0.15, -0.1) is 0 Å². The number of aliphatic hydroxyl groups excluding tert-OH is 1. The third-order valence-corrected chi connectivity index (χ3v) is 13.5. The second-order valence-corrected chi connectivity index (χ2v) is 20.8. The minimum Gasteiger partial charge on any atom is -0.486 e. The second-order valence-electron chi connectivity index (χ2n) is 20.8. The van der Waals surface area contributed by atoms with E-state index in [1.54, 1.807) is 0 Å². The van der Waals surface area contributed by atoms with Crippen LogP contribution in [0.5, 0.6) is 5.75 Å². The van der Waals surface area contributed by atoms with Crippen LogP contribution in [0.4, 0.5) is 0 Å². The van der Waals surface area contributed by atoms with Crippen LogP contribution in [-0.2, 0) is 0 Å². The van der Waals surface area contributed by atoms with Crippen molar-refractivity contribution in [2.24, 2.45) is 22.2 Å². The molecule has 64 heavy (non-hydrogen) atoms. The normalized spacial score (nSPS) is 13.6. The number of rotatable bonds is 11. The maximum absolute atomic E-state index is 9.30. The summed E-state index contributed by atoms with van der Waals surface area (Å²) in [7, 11) is 0. The highest BCUT2D eigenvalue weighted by molar-refractivity contribution is 6.06. The molecular formula is C54H62N8O2. The minimum atomic E-state index is -0.574. The lowest BCUT2D eigenvalue weighted by Gasteiger charge is -2.60. The van der Waals surface area contributed by atoms with Gasteiger partial charge in [0, 0.05) is 67.2 Å². The van der Waals surface area contributed by atoms with Gasteiger partial charge in [0.2, 0.25) is 0 Å². The molecule has 0 saturated carbocycles. The summed E-state index contributed by atoms with van der Waals surface area (Å²) in [5.41, 5.74) is 5.09. The Labute approximate surface area is 376 Å². The molecule has 1 atom stereocenters. The first kappa shape index (κ1) is 43.3. The third-order valence-electron chi connectivity index (χ3n) is 13.5. The molecule has 10 heteroatoms. The Morgan fingerprint density at radius 1 is 0.469 bits per heavy atom. The predicted molar refractivity (Wildman–Crippen MR) is 261 cm³/mol. The zero-order chi connectivity index (χ0) is 45.0. The van der Waals surface area contributed by atoms with Gasteiger partial charge in [0.15, 0.2) is 23.3 Å². The second kappa shape index (κ2) is 16.5. The van der Waals surface area contributed by atoms with Gasteiger partial charge in [-0.25, -0.2) is 29.9 Å². The molecule has 2 aliphatic rings. The number of hydrogen-bond donors (Lipinski definition) is 3. The van der Waals surface area contributed by atoms with Gasteiger partial charge in [-0.1, -0.05) is 167 Å². The summed E-state index contributed by atoms with van der Waals surface area (Å²) in [6.07, 6.45) is 7.64. The standard InChI is InChI=1S/C54H62N8O2/c1-51(2,3)42(28-14-12-10-11-13-21-31-63)54(52(4,5)6,53(7,8)9)64-33-29-30-40-41(32-33)50-61-48-39-27-20-19-26-38(39)46(59-48)57-44-35-23-16-15-22-34(35)43(55-44)56-45-36-24-17-18-25-37(36)47(58-45)60-49(40)62-50/h15-20,22-27,29-30,32,42,63H,10-14,21,28,31H2,1-9H3,(H2,55,56,57,58,59,60,61,62). The highest BCUT2D eigenvalue weighted by Crippen LogP contribution is 2.57. The van der Waals surface area contributed by atoms with Gasteiger partial charge in [-0.3, -0.25) is 0 Å². The number of H-pyrrole nitrogens is 2. The van der Waals surface area contributed by atoms with E-state index in [0.29, 0.717) is 45.9 Å². The molecule has 1 unspecified atom stereocenters. The molecule has 7 aromatic rings. The number of ether oxygens (including phenoxy) is 1. The monoisotopic (exact) mass is 854 g/mol. The number of nitrogens with one attached hydrogen (secondary N) is 2. The molecule has 9 rings (SSSR count). The quantitative estimate of drug-likeness (QED) is 0.109. The Morgan fingerprint density at radius 3 is 1.28 bits per heavy atom. The highest BCUT2D eigenvalue weighted by Gasteiger charge is 2.60. The van der Waals surface area contributed by atoms with Crippen LogP contribution in [0, 0.1) is 22.2 Å². The third kappa shape index (κ3) is 7.73. The molecule has 5 heterocycles. The Bertz CT molecular complexity index is 3010. The number of benzene rings is 4. The summed E-state index contributed by atoms with van der Waals surface area (Å²) >= 11 is 0. The maximum atomic E-state index is 9.30. The predicted octanol–water partition coefficient (Wildman–Crippen LogP) is 13.5. The van der Waals surface area contributed by atoms with Crippen LogP contribution in [0.25, 0.3) is 89.7 Å². The van der Waals surface area contributed by atoms with Crippen molar-refractivity contribution in [2.75, 3.05) is 6.61 Å².